The summed E-state index contributed by atoms with van der Waals surface area (Å²) >= 11 is 0. The number of carbonyl (C=O) groups excluding carboxylic acids is 2. The lowest BCUT2D eigenvalue weighted by atomic mass is 10.0. The number of likely N-dealkylation sites (N-methyl/N-ethyl adjacent to an activating group) is 1. The quantitative estimate of drug-likeness (QED) is 0.602. The van der Waals surface area contributed by atoms with Crippen molar-refractivity contribution in [2.75, 3.05) is 39.2 Å². The summed E-state index contributed by atoms with van der Waals surface area (Å²) in [7, 11) is 0.979. The molecule has 0 bridgehead atoms. The molecule has 3 rings (SSSR count). The molecule has 204 valence electrons. The highest BCUT2D eigenvalue weighted by Gasteiger charge is 2.35. The van der Waals surface area contributed by atoms with Crippen molar-refractivity contribution >= 4 is 27.5 Å². The Morgan fingerprint density at radius 3 is 2.59 bits per heavy atom. The molecular weight excluding hydrogens is 498 g/mol. The van der Waals surface area contributed by atoms with Crippen molar-refractivity contribution in [1.82, 2.24) is 18.8 Å². The molecule has 0 saturated carbocycles. The molecule has 0 unspecified atom stereocenters. The summed E-state index contributed by atoms with van der Waals surface area (Å²) in [5.74, 6) is -0.383. The molecule has 2 heterocycles. The lowest BCUT2D eigenvalue weighted by Gasteiger charge is -2.35. The minimum atomic E-state index is -3.93. The summed E-state index contributed by atoms with van der Waals surface area (Å²) in [6.07, 6.45) is 3.55. The van der Waals surface area contributed by atoms with E-state index in [2.05, 4.69) is 10.3 Å². The van der Waals surface area contributed by atoms with Crippen LogP contribution in [0.15, 0.2) is 35.7 Å². The first-order valence-corrected chi connectivity index (χ1v) is 13.8. The van der Waals surface area contributed by atoms with Crippen LogP contribution in [0.3, 0.4) is 0 Å². The fourth-order valence-electron chi connectivity index (χ4n) is 4.25. The standard InChI is InChI=1S/C25H37N5O6S/c1-7-8-23(31)27-19-9-10-21-20(11-19)25(32)29(5)13-22(35-6)17(2)12-30(18(3)15-36-21)37(33,34)24-14-28(4)16-26-24/h9-11,14,16-18,22H,7-8,12-13,15H2,1-6H3,(H,27,31)/t17-,18+,22-/m1/s1. The van der Waals surface area contributed by atoms with Crippen molar-refractivity contribution in [1.29, 1.82) is 0 Å². The summed E-state index contributed by atoms with van der Waals surface area (Å²) < 4.78 is 41.9. The van der Waals surface area contributed by atoms with Gasteiger partial charge in [-0.25, -0.2) is 13.4 Å². The largest absolute Gasteiger partial charge is 0.491 e. The number of benzene rings is 1. The molecular formula is C25H37N5O6S. The Labute approximate surface area is 218 Å². The smallest absolute Gasteiger partial charge is 0.262 e. The molecule has 2 amide bonds. The van der Waals surface area contributed by atoms with E-state index >= 15 is 0 Å². The number of anilines is 1. The summed E-state index contributed by atoms with van der Waals surface area (Å²) in [5, 5.41) is 2.77. The second-order valence-electron chi connectivity index (χ2n) is 9.56. The molecule has 0 aliphatic carbocycles. The zero-order chi connectivity index (χ0) is 27.3. The zero-order valence-electron chi connectivity index (χ0n) is 22.3. The maximum Gasteiger partial charge on any atom is 0.262 e. The predicted molar refractivity (Wildman–Crippen MR) is 139 cm³/mol. The molecule has 12 heteroatoms. The summed E-state index contributed by atoms with van der Waals surface area (Å²) in [6, 6.07) is 4.30. The highest BCUT2D eigenvalue weighted by molar-refractivity contribution is 7.89. The van der Waals surface area contributed by atoms with E-state index in [-0.39, 0.29) is 48.0 Å². The van der Waals surface area contributed by atoms with Gasteiger partial charge in [-0.15, -0.1) is 0 Å². The Hall–Kier alpha value is -2.96. The number of imidazole rings is 1. The van der Waals surface area contributed by atoms with Crippen molar-refractivity contribution in [3.8, 4) is 5.75 Å². The number of nitrogens with one attached hydrogen (secondary N) is 1. The first-order chi connectivity index (χ1) is 17.5. The molecule has 3 atom stereocenters. The maximum absolute atomic E-state index is 13.6. The fraction of sp³-hybridized carbons (Fsp3) is 0.560. The molecule has 1 aliphatic heterocycles. The topological polar surface area (TPSA) is 123 Å². The van der Waals surface area contributed by atoms with Crippen molar-refractivity contribution in [3.63, 3.8) is 0 Å². The number of amides is 2. The number of aromatic nitrogens is 2. The number of rotatable bonds is 6. The van der Waals surface area contributed by atoms with Gasteiger partial charge in [-0.05, 0) is 37.5 Å². The van der Waals surface area contributed by atoms with E-state index in [4.69, 9.17) is 9.47 Å². The van der Waals surface area contributed by atoms with E-state index in [1.807, 2.05) is 13.8 Å². The van der Waals surface area contributed by atoms with Crippen LogP contribution in [0.2, 0.25) is 0 Å². The van der Waals surface area contributed by atoms with Crippen LogP contribution < -0.4 is 10.1 Å². The second kappa shape index (κ2) is 12.1. The van der Waals surface area contributed by atoms with Crippen LogP contribution in [-0.4, -0.2) is 85.0 Å². The maximum atomic E-state index is 13.6. The van der Waals surface area contributed by atoms with Gasteiger partial charge in [0.2, 0.25) is 5.91 Å². The number of methoxy groups -OCH3 is 1. The average molecular weight is 536 g/mol. The van der Waals surface area contributed by atoms with Gasteiger partial charge < -0.3 is 24.3 Å². The van der Waals surface area contributed by atoms with Gasteiger partial charge in [0.05, 0.1) is 24.0 Å². The Morgan fingerprint density at radius 1 is 1.24 bits per heavy atom. The number of aryl methyl sites for hydroxylation is 1. The SMILES string of the molecule is CCCC(=O)Nc1ccc2c(c1)C(=O)N(C)C[C@@H](OC)[C@H](C)CN(S(=O)(=O)c1cn(C)cn1)[C@@H](C)CO2. The van der Waals surface area contributed by atoms with Gasteiger partial charge in [-0.2, -0.15) is 4.31 Å². The molecule has 2 aromatic rings. The van der Waals surface area contributed by atoms with Crippen molar-refractivity contribution in [3.05, 3.63) is 36.3 Å². The third-order valence-electron chi connectivity index (χ3n) is 6.40. The van der Waals surface area contributed by atoms with Crippen molar-refractivity contribution in [2.24, 2.45) is 13.0 Å². The number of sulfonamides is 1. The molecule has 0 saturated heterocycles. The van der Waals surface area contributed by atoms with Crippen LogP contribution >= 0.6 is 0 Å². The van der Waals surface area contributed by atoms with Crippen LogP contribution in [0.25, 0.3) is 0 Å². The number of hydrogen-bond donors (Lipinski definition) is 1. The molecule has 0 radical (unpaired) electrons. The van der Waals surface area contributed by atoms with E-state index in [0.717, 1.165) is 0 Å². The van der Waals surface area contributed by atoms with Crippen molar-refractivity contribution in [2.45, 2.75) is 50.8 Å². The Bertz CT molecular complexity index is 1210. The lowest BCUT2D eigenvalue weighted by molar-refractivity contribution is -0.116. The number of ether oxygens (including phenoxy) is 2. The molecule has 1 N–H and O–H groups in total. The molecule has 0 fully saturated rings. The van der Waals surface area contributed by atoms with Crippen LogP contribution in [0.1, 0.15) is 44.0 Å². The highest BCUT2D eigenvalue weighted by Crippen LogP contribution is 2.28. The van der Waals surface area contributed by atoms with Crippen molar-refractivity contribution < 1.29 is 27.5 Å². The van der Waals surface area contributed by atoms with Crippen LogP contribution in [0.5, 0.6) is 5.75 Å². The highest BCUT2D eigenvalue weighted by atomic mass is 32.2. The molecule has 1 aromatic carbocycles. The third-order valence-corrected chi connectivity index (χ3v) is 8.27. The van der Waals surface area contributed by atoms with Gasteiger partial charge in [0.25, 0.3) is 15.9 Å². The number of carbonyl (C=O) groups is 2. The summed E-state index contributed by atoms with van der Waals surface area (Å²) in [4.78, 5) is 31.1. The summed E-state index contributed by atoms with van der Waals surface area (Å²) in [6.45, 7) is 5.95. The second-order valence-corrected chi connectivity index (χ2v) is 11.4. The minimum Gasteiger partial charge on any atom is -0.491 e. The van der Waals surface area contributed by atoms with Gasteiger partial charge in [0.1, 0.15) is 12.4 Å². The molecule has 0 spiro atoms. The van der Waals surface area contributed by atoms with Gasteiger partial charge in [0.15, 0.2) is 5.03 Å². The predicted octanol–water partition coefficient (Wildman–Crippen LogP) is 2.35. The van der Waals surface area contributed by atoms with Crippen LogP contribution in [-0.2, 0) is 26.6 Å². The fourth-order valence-corrected chi connectivity index (χ4v) is 5.93. The van der Waals surface area contributed by atoms with E-state index < -0.39 is 22.2 Å². The van der Waals surface area contributed by atoms with Crippen LogP contribution in [0, 0.1) is 5.92 Å². The monoisotopic (exact) mass is 535 g/mol. The Kier molecular flexibility index (Phi) is 9.32. The summed E-state index contributed by atoms with van der Waals surface area (Å²) in [5.41, 5.74) is 0.755. The van der Waals surface area contributed by atoms with Gasteiger partial charge >= 0.3 is 0 Å². The number of nitrogens with zero attached hydrogens (tertiary/aromatic N) is 4. The van der Waals surface area contributed by atoms with Crippen LogP contribution in [0.4, 0.5) is 5.69 Å². The first-order valence-electron chi connectivity index (χ1n) is 12.3. The molecule has 11 nitrogen and oxygen atoms in total. The average Bonchev–Trinajstić information content (AvgIpc) is 3.30. The van der Waals surface area contributed by atoms with E-state index in [1.165, 1.54) is 21.7 Å². The molecule has 37 heavy (non-hydrogen) atoms. The molecule has 1 aliphatic rings. The number of hydrogen-bond acceptors (Lipinski definition) is 7. The minimum absolute atomic E-state index is 0.00195. The number of fused-ring (bicyclic) bond motifs is 1. The van der Waals surface area contributed by atoms with E-state index in [9.17, 15) is 18.0 Å². The van der Waals surface area contributed by atoms with Gasteiger partial charge in [0, 0.05) is 52.6 Å². The first kappa shape index (κ1) is 28.6. The zero-order valence-corrected chi connectivity index (χ0v) is 23.1. The molecule has 1 aromatic heterocycles. The third kappa shape index (κ3) is 6.68. The van der Waals surface area contributed by atoms with Gasteiger partial charge in [-0.1, -0.05) is 13.8 Å². The van der Waals surface area contributed by atoms with E-state index in [0.29, 0.717) is 24.3 Å². The Morgan fingerprint density at radius 2 is 1.97 bits per heavy atom. The lowest BCUT2D eigenvalue weighted by Crippen LogP contribution is -2.48. The Balaban J connectivity index is 2.01. The van der Waals surface area contributed by atoms with E-state index in [1.54, 1.807) is 50.9 Å². The normalized spacial score (nSPS) is 21.9. The van der Waals surface area contributed by atoms with Gasteiger partial charge in [-0.3, -0.25) is 9.59 Å².